The summed E-state index contributed by atoms with van der Waals surface area (Å²) in [6.07, 6.45) is 3.89. The molecule has 2 heterocycles. The van der Waals surface area contributed by atoms with E-state index in [9.17, 15) is 4.39 Å². The zero-order valence-corrected chi connectivity index (χ0v) is 15.5. The van der Waals surface area contributed by atoms with Crippen LogP contribution in [-0.4, -0.2) is 22.7 Å². The second kappa shape index (κ2) is 8.67. The van der Waals surface area contributed by atoms with Gasteiger partial charge in [-0.05, 0) is 35.4 Å². The van der Waals surface area contributed by atoms with Crippen molar-refractivity contribution in [1.29, 1.82) is 0 Å². The third-order valence-corrected chi connectivity index (χ3v) is 4.62. The summed E-state index contributed by atoms with van der Waals surface area (Å²) in [5, 5.41) is 4.66. The zero-order chi connectivity index (χ0) is 19.2. The number of halogens is 1. The molecule has 28 heavy (non-hydrogen) atoms. The number of aromatic nitrogens is 2. The normalized spacial score (nSPS) is 11.0. The highest BCUT2D eigenvalue weighted by molar-refractivity contribution is 5.84. The van der Waals surface area contributed by atoms with Crippen molar-refractivity contribution < 1.29 is 9.13 Å². The van der Waals surface area contributed by atoms with Gasteiger partial charge in [-0.3, -0.25) is 0 Å². The Balaban J connectivity index is 1.40. The number of nitrogens with zero attached hydrogens (tertiary/aromatic N) is 2. The fourth-order valence-corrected chi connectivity index (χ4v) is 3.26. The number of para-hydroxylation sites is 1. The number of rotatable bonds is 8. The first-order valence-corrected chi connectivity index (χ1v) is 9.35. The Morgan fingerprint density at radius 3 is 2.61 bits per heavy atom. The van der Waals surface area contributed by atoms with Gasteiger partial charge in [-0.2, -0.15) is 0 Å². The maximum atomic E-state index is 13.2. The molecule has 0 radical (unpaired) electrons. The van der Waals surface area contributed by atoms with Crippen LogP contribution in [-0.2, 0) is 13.1 Å². The average molecular weight is 375 g/mol. The van der Waals surface area contributed by atoms with E-state index in [-0.39, 0.29) is 5.82 Å². The van der Waals surface area contributed by atoms with Crippen LogP contribution in [0.1, 0.15) is 11.1 Å². The highest BCUT2D eigenvalue weighted by atomic mass is 19.1. The number of hydrogen-bond donors (Lipinski definition) is 1. The smallest absolute Gasteiger partial charge is 0.213 e. The van der Waals surface area contributed by atoms with Gasteiger partial charge < -0.3 is 14.6 Å². The zero-order valence-electron chi connectivity index (χ0n) is 15.5. The standard InChI is InChI=1S/C23H22FN3O/c24-20-10-8-18(9-11-20)16-27-17-19(21-5-1-2-6-22(21)27)15-25-13-14-28-23-7-3-4-12-26-23/h1-12,17,25H,13-16H2. The highest BCUT2D eigenvalue weighted by Crippen LogP contribution is 2.22. The second-order valence-corrected chi connectivity index (χ2v) is 6.62. The molecule has 0 bridgehead atoms. The van der Waals surface area contributed by atoms with Crippen molar-refractivity contribution in [2.24, 2.45) is 0 Å². The lowest BCUT2D eigenvalue weighted by molar-refractivity contribution is 0.302. The molecule has 0 atom stereocenters. The molecule has 4 aromatic rings. The number of nitrogens with one attached hydrogen (secondary N) is 1. The number of fused-ring (bicyclic) bond motifs is 1. The van der Waals surface area contributed by atoms with Crippen LogP contribution in [0.2, 0.25) is 0 Å². The molecule has 0 spiro atoms. The predicted molar refractivity (Wildman–Crippen MR) is 109 cm³/mol. The Hall–Kier alpha value is -3.18. The van der Waals surface area contributed by atoms with Crippen molar-refractivity contribution in [2.75, 3.05) is 13.2 Å². The molecule has 142 valence electrons. The molecule has 0 saturated heterocycles. The molecule has 0 fully saturated rings. The second-order valence-electron chi connectivity index (χ2n) is 6.62. The summed E-state index contributed by atoms with van der Waals surface area (Å²) in [4.78, 5) is 4.15. The van der Waals surface area contributed by atoms with Gasteiger partial charge in [0.1, 0.15) is 12.4 Å². The van der Waals surface area contributed by atoms with E-state index in [1.165, 1.54) is 28.6 Å². The first-order valence-electron chi connectivity index (χ1n) is 9.35. The van der Waals surface area contributed by atoms with Gasteiger partial charge in [0.15, 0.2) is 0 Å². The maximum absolute atomic E-state index is 13.2. The molecular weight excluding hydrogens is 353 g/mol. The van der Waals surface area contributed by atoms with Crippen molar-refractivity contribution in [3.63, 3.8) is 0 Å². The molecule has 0 unspecified atom stereocenters. The molecule has 2 aromatic heterocycles. The molecule has 4 rings (SSSR count). The third-order valence-electron chi connectivity index (χ3n) is 4.62. The van der Waals surface area contributed by atoms with E-state index in [1.807, 2.05) is 36.4 Å². The minimum atomic E-state index is -0.209. The van der Waals surface area contributed by atoms with Crippen LogP contribution in [0.3, 0.4) is 0 Å². The Morgan fingerprint density at radius 1 is 0.964 bits per heavy atom. The SMILES string of the molecule is Fc1ccc(Cn2cc(CNCCOc3ccccn3)c3ccccc32)cc1. The minimum Gasteiger partial charge on any atom is -0.476 e. The van der Waals surface area contributed by atoms with Crippen LogP contribution in [0.5, 0.6) is 5.88 Å². The van der Waals surface area contributed by atoms with Gasteiger partial charge in [0.25, 0.3) is 0 Å². The van der Waals surface area contributed by atoms with Crippen LogP contribution >= 0.6 is 0 Å². The first-order chi connectivity index (χ1) is 13.8. The van der Waals surface area contributed by atoms with Gasteiger partial charge in [-0.15, -0.1) is 0 Å². The molecule has 2 aromatic carbocycles. The van der Waals surface area contributed by atoms with Crippen LogP contribution in [0.25, 0.3) is 10.9 Å². The average Bonchev–Trinajstić information content (AvgIpc) is 3.08. The Morgan fingerprint density at radius 2 is 1.79 bits per heavy atom. The van der Waals surface area contributed by atoms with Crippen molar-refractivity contribution in [3.8, 4) is 5.88 Å². The van der Waals surface area contributed by atoms with E-state index in [1.54, 1.807) is 6.20 Å². The van der Waals surface area contributed by atoms with Gasteiger partial charge in [-0.1, -0.05) is 36.4 Å². The van der Waals surface area contributed by atoms with Crippen molar-refractivity contribution in [1.82, 2.24) is 14.9 Å². The fraction of sp³-hybridized carbons (Fsp3) is 0.174. The molecule has 1 N–H and O–H groups in total. The fourth-order valence-electron chi connectivity index (χ4n) is 3.26. The van der Waals surface area contributed by atoms with Crippen LogP contribution < -0.4 is 10.1 Å². The summed E-state index contributed by atoms with van der Waals surface area (Å²) in [6, 6.07) is 20.6. The quantitative estimate of drug-likeness (QED) is 0.464. The Labute approximate surface area is 163 Å². The molecule has 0 aliphatic carbocycles. The topological polar surface area (TPSA) is 39.1 Å². The van der Waals surface area contributed by atoms with Gasteiger partial charge in [0, 0.05) is 49.0 Å². The largest absolute Gasteiger partial charge is 0.476 e. The molecule has 0 amide bonds. The Bertz CT molecular complexity index is 1030. The number of benzene rings is 2. The highest BCUT2D eigenvalue weighted by Gasteiger charge is 2.08. The lowest BCUT2D eigenvalue weighted by atomic mass is 10.2. The van der Waals surface area contributed by atoms with Crippen molar-refractivity contribution >= 4 is 10.9 Å². The van der Waals surface area contributed by atoms with Gasteiger partial charge in [0.2, 0.25) is 5.88 Å². The molecular formula is C23H22FN3O. The van der Waals surface area contributed by atoms with E-state index in [0.717, 1.165) is 18.7 Å². The number of pyridine rings is 1. The summed E-state index contributed by atoms with van der Waals surface area (Å²) in [5.41, 5.74) is 3.48. The maximum Gasteiger partial charge on any atom is 0.213 e. The van der Waals surface area contributed by atoms with Crippen LogP contribution in [0.4, 0.5) is 4.39 Å². The Kier molecular flexibility index (Phi) is 5.64. The molecule has 0 aliphatic rings. The molecule has 5 heteroatoms. The van der Waals surface area contributed by atoms with E-state index >= 15 is 0 Å². The van der Waals surface area contributed by atoms with Crippen molar-refractivity contribution in [3.05, 3.63) is 96.1 Å². The first kappa shape index (κ1) is 18.2. The van der Waals surface area contributed by atoms with Gasteiger partial charge in [0.05, 0.1) is 0 Å². The lowest BCUT2D eigenvalue weighted by Gasteiger charge is -2.06. The molecule has 0 aliphatic heterocycles. The van der Waals surface area contributed by atoms with E-state index in [0.29, 0.717) is 19.0 Å². The summed E-state index contributed by atoms with van der Waals surface area (Å²) >= 11 is 0. The van der Waals surface area contributed by atoms with Crippen LogP contribution in [0, 0.1) is 5.82 Å². The van der Waals surface area contributed by atoms with E-state index in [2.05, 4.69) is 39.3 Å². The van der Waals surface area contributed by atoms with E-state index in [4.69, 9.17) is 4.74 Å². The van der Waals surface area contributed by atoms with Crippen molar-refractivity contribution in [2.45, 2.75) is 13.1 Å². The predicted octanol–water partition coefficient (Wildman–Crippen LogP) is 4.39. The lowest BCUT2D eigenvalue weighted by Crippen LogP contribution is -2.20. The minimum absolute atomic E-state index is 0.209. The summed E-state index contributed by atoms with van der Waals surface area (Å²) in [7, 11) is 0. The van der Waals surface area contributed by atoms with E-state index < -0.39 is 0 Å². The summed E-state index contributed by atoms with van der Waals surface area (Å²) < 4.78 is 21.0. The monoisotopic (exact) mass is 375 g/mol. The summed E-state index contributed by atoms with van der Waals surface area (Å²) in [6.45, 7) is 2.76. The number of ether oxygens (including phenoxy) is 1. The summed E-state index contributed by atoms with van der Waals surface area (Å²) in [5.74, 6) is 0.430. The molecule has 0 saturated carbocycles. The van der Waals surface area contributed by atoms with Gasteiger partial charge >= 0.3 is 0 Å². The molecule has 4 nitrogen and oxygen atoms in total. The number of hydrogen-bond acceptors (Lipinski definition) is 3. The van der Waals surface area contributed by atoms with Gasteiger partial charge in [-0.25, -0.2) is 9.37 Å². The van der Waals surface area contributed by atoms with Crippen LogP contribution in [0.15, 0.2) is 79.1 Å². The third kappa shape index (κ3) is 4.38.